The number of nitrogens with zero attached hydrogens (tertiary/aromatic N) is 5. The maximum absolute atomic E-state index is 9.29. The molecule has 1 aliphatic carbocycles. The van der Waals surface area contributed by atoms with Gasteiger partial charge in [0.1, 0.15) is 5.82 Å². The van der Waals surface area contributed by atoms with Crippen molar-refractivity contribution in [2.45, 2.75) is 82.1 Å². The van der Waals surface area contributed by atoms with Crippen LogP contribution in [-0.4, -0.2) is 52.8 Å². The fourth-order valence-corrected chi connectivity index (χ4v) is 5.08. The average molecular weight is 371 g/mol. The van der Waals surface area contributed by atoms with Crippen LogP contribution < -0.4 is 4.90 Å². The Bertz CT molecular complexity index is 702. The lowest BCUT2D eigenvalue weighted by Gasteiger charge is -2.31. The van der Waals surface area contributed by atoms with Crippen LogP contribution in [0.25, 0.3) is 0 Å². The molecule has 5 atom stereocenters. The number of hydrogen-bond donors (Lipinski definition) is 0. The van der Waals surface area contributed by atoms with E-state index >= 15 is 0 Å². The lowest BCUT2D eigenvalue weighted by molar-refractivity contribution is 0.00559. The van der Waals surface area contributed by atoms with E-state index in [0.717, 1.165) is 76.6 Å². The van der Waals surface area contributed by atoms with Crippen molar-refractivity contribution in [1.29, 1.82) is 5.26 Å². The van der Waals surface area contributed by atoms with Gasteiger partial charge in [-0.25, -0.2) is 0 Å². The van der Waals surface area contributed by atoms with Crippen LogP contribution in [0, 0.1) is 17.2 Å². The predicted octanol–water partition coefficient (Wildman–Crippen LogP) is 2.62. The van der Waals surface area contributed by atoms with E-state index in [9.17, 15) is 5.26 Å². The van der Waals surface area contributed by atoms with Gasteiger partial charge in [0.25, 0.3) is 0 Å². The summed E-state index contributed by atoms with van der Waals surface area (Å²) in [5.74, 6) is 2.30. The van der Waals surface area contributed by atoms with Crippen LogP contribution in [0.4, 0.5) is 5.95 Å². The fraction of sp³-hybridized carbons (Fsp3) is 0.850. The molecule has 3 saturated heterocycles. The van der Waals surface area contributed by atoms with E-state index in [1.54, 1.807) is 0 Å². The van der Waals surface area contributed by atoms with Crippen molar-refractivity contribution in [2.24, 2.45) is 5.92 Å². The summed E-state index contributed by atoms with van der Waals surface area (Å²) in [6.45, 7) is 3.56. The average Bonchev–Trinajstić information content (AvgIpc) is 3.10. The number of nitriles is 1. The fourth-order valence-electron chi connectivity index (χ4n) is 5.08. The van der Waals surface area contributed by atoms with Crippen LogP contribution in [0.5, 0.6) is 0 Å². The van der Waals surface area contributed by atoms with Gasteiger partial charge in [0.05, 0.1) is 36.8 Å². The third-order valence-electron chi connectivity index (χ3n) is 6.66. The molecule has 4 aliphatic rings. The quantitative estimate of drug-likeness (QED) is 0.792. The van der Waals surface area contributed by atoms with Gasteiger partial charge in [0, 0.05) is 25.7 Å². The molecular formula is C20H29N5O2. The highest BCUT2D eigenvalue weighted by Gasteiger charge is 2.44. The molecule has 0 aromatic carbocycles. The highest BCUT2D eigenvalue weighted by atomic mass is 16.5. The van der Waals surface area contributed by atoms with Gasteiger partial charge in [-0.3, -0.25) is 4.57 Å². The third kappa shape index (κ3) is 3.34. The Balaban J connectivity index is 1.43. The minimum atomic E-state index is 0.0978. The van der Waals surface area contributed by atoms with Gasteiger partial charge in [-0.1, -0.05) is 0 Å². The molecule has 3 aliphatic heterocycles. The maximum Gasteiger partial charge on any atom is 0.227 e. The molecule has 7 nitrogen and oxygen atoms in total. The van der Waals surface area contributed by atoms with Crippen molar-refractivity contribution < 1.29 is 9.47 Å². The highest BCUT2D eigenvalue weighted by molar-refractivity contribution is 5.37. The molecule has 7 heteroatoms. The number of aromatic nitrogens is 3. The van der Waals surface area contributed by atoms with Crippen LogP contribution in [-0.2, 0) is 16.0 Å². The van der Waals surface area contributed by atoms with Crippen LogP contribution >= 0.6 is 0 Å². The summed E-state index contributed by atoms with van der Waals surface area (Å²) in [7, 11) is 0. The van der Waals surface area contributed by atoms with Gasteiger partial charge in [-0.05, 0) is 51.4 Å². The standard InChI is InChI=1S/C20H29N5O2/c21-12-14-11-16(14)19-22-23-20(25(19)13-15-5-1-2-9-26-15)24-8-3-6-17(24)18-7-4-10-27-18/h14-18H,1-11,13H2. The normalized spacial score (nSPS) is 36.1. The van der Waals surface area contributed by atoms with Gasteiger partial charge >= 0.3 is 0 Å². The predicted molar refractivity (Wildman–Crippen MR) is 99.4 cm³/mol. The van der Waals surface area contributed by atoms with Crippen LogP contribution in [0.3, 0.4) is 0 Å². The molecule has 0 spiro atoms. The van der Waals surface area contributed by atoms with E-state index in [1.807, 2.05) is 0 Å². The summed E-state index contributed by atoms with van der Waals surface area (Å²) in [4.78, 5) is 2.43. The molecule has 0 amide bonds. The van der Waals surface area contributed by atoms with Crippen molar-refractivity contribution in [3.63, 3.8) is 0 Å². The van der Waals surface area contributed by atoms with Crippen LogP contribution in [0.15, 0.2) is 0 Å². The smallest absolute Gasteiger partial charge is 0.227 e. The summed E-state index contributed by atoms with van der Waals surface area (Å²) >= 11 is 0. The first-order valence-corrected chi connectivity index (χ1v) is 10.7. The molecule has 4 heterocycles. The molecule has 4 fully saturated rings. The first-order chi connectivity index (χ1) is 13.3. The van der Waals surface area contributed by atoms with Crippen molar-refractivity contribution in [1.82, 2.24) is 14.8 Å². The van der Waals surface area contributed by atoms with Crippen molar-refractivity contribution >= 4 is 5.95 Å². The van der Waals surface area contributed by atoms with Crippen LogP contribution in [0.2, 0.25) is 0 Å². The SMILES string of the molecule is N#CC1CC1c1nnc(N2CCCC2C2CCCO2)n1CC1CCCCO1. The van der Waals surface area contributed by atoms with Gasteiger partial charge < -0.3 is 14.4 Å². The van der Waals surface area contributed by atoms with E-state index in [-0.39, 0.29) is 17.9 Å². The molecule has 27 heavy (non-hydrogen) atoms. The van der Waals surface area contributed by atoms with Gasteiger partial charge in [-0.15, -0.1) is 10.2 Å². The lowest BCUT2D eigenvalue weighted by Crippen LogP contribution is -2.41. The molecule has 146 valence electrons. The molecule has 0 N–H and O–H groups in total. The second kappa shape index (κ2) is 7.40. The third-order valence-corrected chi connectivity index (χ3v) is 6.66. The summed E-state index contributed by atoms with van der Waals surface area (Å²) in [6.07, 6.45) is 9.59. The van der Waals surface area contributed by atoms with Crippen molar-refractivity contribution in [3.8, 4) is 6.07 Å². The topological polar surface area (TPSA) is 76.2 Å². The zero-order valence-corrected chi connectivity index (χ0v) is 15.9. The minimum absolute atomic E-state index is 0.0978. The minimum Gasteiger partial charge on any atom is -0.376 e. The Morgan fingerprint density at radius 2 is 1.96 bits per heavy atom. The molecule has 5 rings (SSSR count). The Morgan fingerprint density at radius 1 is 1.04 bits per heavy atom. The first-order valence-electron chi connectivity index (χ1n) is 10.7. The Labute approximate surface area is 160 Å². The number of ether oxygens (including phenoxy) is 2. The first kappa shape index (κ1) is 17.4. The molecular weight excluding hydrogens is 342 g/mol. The summed E-state index contributed by atoms with van der Waals surface area (Å²) in [6, 6.07) is 2.81. The van der Waals surface area contributed by atoms with E-state index in [0.29, 0.717) is 12.1 Å². The molecule has 1 saturated carbocycles. The van der Waals surface area contributed by atoms with Crippen molar-refractivity contribution in [2.75, 3.05) is 24.7 Å². The van der Waals surface area contributed by atoms with Gasteiger partial charge in [0.15, 0.2) is 0 Å². The number of hydrogen-bond acceptors (Lipinski definition) is 6. The Kier molecular flexibility index (Phi) is 4.78. The van der Waals surface area contributed by atoms with Gasteiger partial charge in [-0.2, -0.15) is 5.26 Å². The highest BCUT2D eigenvalue weighted by Crippen LogP contribution is 2.47. The summed E-state index contributed by atoms with van der Waals surface area (Å²) in [5.41, 5.74) is 0. The second-order valence-corrected chi connectivity index (χ2v) is 8.49. The molecule has 0 radical (unpaired) electrons. The molecule has 1 aromatic rings. The largest absolute Gasteiger partial charge is 0.376 e. The summed E-state index contributed by atoms with van der Waals surface area (Å²) in [5, 5.41) is 18.5. The Morgan fingerprint density at radius 3 is 2.70 bits per heavy atom. The van der Waals surface area contributed by atoms with Crippen molar-refractivity contribution in [3.05, 3.63) is 5.82 Å². The van der Waals surface area contributed by atoms with Crippen LogP contribution in [0.1, 0.15) is 63.1 Å². The van der Waals surface area contributed by atoms with E-state index in [2.05, 4.69) is 25.7 Å². The monoisotopic (exact) mass is 371 g/mol. The van der Waals surface area contributed by atoms with E-state index in [1.165, 1.54) is 12.8 Å². The molecule has 5 unspecified atom stereocenters. The molecule has 0 bridgehead atoms. The lowest BCUT2D eigenvalue weighted by atomic mass is 10.1. The Hall–Kier alpha value is -1.65. The number of anilines is 1. The van der Waals surface area contributed by atoms with Gasteiger partial charge in [0.2, 0.25) is 5.95 Å². The maximum atomic E-state index is 9.29. The zero-order valence-electron chi connectivity index (χ0n) is 15.9. The van der Waals surface area contributed by atoms with E-state index in [4.69, 9.17) is 9.47 Å². The summed E-state index contributed by atoms with van der Waals surface area (Å²) < 4.78 is 14.3. The number of rotatable bonds is 5. The zero-order chi connectivity index (χ0) is 18.2. The molecule has 1 aromatic heterocycles. The van der Waals surface area contributed by atoms with E-state index < -0.39 is 0 Å². The second-order valence-electron chi connectivity index (χ2n) is 8.49.